The Hall–Kier alpha value is -0.390. The number of piperidine rings is 1. The Morgan fingerprint density at radius 2 is 2.00 bits per heavy atom. The highest BCUT2D eigenvalue weighted by atomic mass is 32.1. The van der Waals surface area contributed by atoms with E-state index in [2.05, 4.69) is 22.5 Å². The molecule has 1 atom stereocenters. The number of nitrogens with one attached hydrogen (secondary N) is 2. The van der Waals surface area contributed by atoms with Crippen LogP contribution < -0.4 is 10.6 Å². The molecule has 0 aromatic carbocycles. The summed E-state index contributed by atoms with van der Waals surface area (Å²) in [6.45, 7) is 10.2. The van der Waals surface area contributed by atoms with Gasteiger partial charge in [-0.25, -0.2) is 0 Å². The second-order valence-corrected chi connectivity index (χ2v) is 5.88. The molecule has 1 saturated heterocycles. The highest BCUT2D eigenvalue weighted by molar-refractivity contribution is 7.80. The molecule has 5 heteroatoms. The van der Waals surface area contributed by atoms with Gasteiger partial charge in [0.2, 0.25) is 0 Å². The molecular weight excluding hydrogens is 270 g/mol. The van der Waals surface area contributed by atoms with Crippen molar-refractivity contribution in [3.8, 4) is 0 Å². The zero-order valence-corrected chi connectivity index (χ0v) is 13.9. The monoisotopic (exact) mass is 301 g/mol. The van der Waals surface area contributed by atoms with Crippen molar-refractivity contribution in [2.24, 2.45) is 0 Å². The van der Waals surface area contributed by atoms with E-state index in [9.17, 15) is 0 Å². The number of nitrogens with zero attached hydrogens (tertiary/aromatic N) is 1. The third-order valence-electron chi connectivity index (χ3n) is 3.80. The first-order valence-corrected chi connectivity index (χ1v) is 8.48. The topological polar surface area (TPSA) is 36.5 Å². The minimum absolute atomic E-state index is 0.757. The summed E-state index contributed by atoms with van der Waals surface area (Å²) in [4.78, 5) is 2.60. The lowest BCUT2D eigenvalue weighted by Gasteiger charge is -2.33. The maximum atomic E-state index is 5.28. The molecule has 1 rings (SSSR count). The zero-order valence-electron chi connectivity index (χ0n) is 13.1. The average molecular weight is 302 g/mol. The van der Waals surface area contributed by atoms with Crippen molar-refractivity contribution in [2.45, 2.75) is 52.0 Å². The average Bonchev–Trinajstić information content (AvgIpc) is 2.45. The van der Waals surface area contributed by atoms with Crippen LogP contribution in [0, 0.1) is 0 Å². The van der Waals surface area contributed by atoms with Crippen molar-refractivity contribution >= 4 is 17.3 Å². The van der Waals surface area contributed by atoms with Gasteiger partial charge in [-0.15, -0.1) is 0 Å². The molecule has 1 heterocycles. The Morgan fingerprint density at radius 1 is 1.25 bits per heavy atom. The number of hydrogen-bond acceptors (Lipinski definition) is 3. The second kappa shape index (κ2) is 11.3. The van der Waals surface area contributed by atoms with Gasteiger partial charge in [0.05, 0.1) is 0 Å². The molecule has 0 aromatic heterocycles. The summed E-state index contributed by atoms with van der Waals surface area (Å²) in [6.07, 6.45) is 6.27. The quantitative estimate of drug-likeness (QED) is 0.504. The van der Waals surface area contributed by atoms with E-state index in [0.717, 1.165) is 50.3 Å². The summed E-state index contributed by atoms with van der Waals surface area (Å²) >= 11 is 5.25. The summed E-state index contributed by atoms with van der Waals surface area (Å²) in [5.41, 5.74) is 0. The number of rotatable bonds is 9. The zero-order chi connectivity index (χ0) is 14.6. The molecule has 0 aromatic rings. The highest BCUT2D eigenvalue weighted by Crippen LogP contribution is 2.15. The normalized spacial score (nSPS) is 19.8. The molecular formula is C15H31N3OS. The van der Waals surface area contributed by atoms with Crippen molar-refractivity contribution in [3.05, 3.63) is 0 Å². The third kappa shape index (κ3) is 8.02. The fourth-order valence-corrected chi connectivity index (χ4v) is 2.76. The van der Waals surface area contributed by atoms with Crippen LogP contribution in [0.5, 0.6) is 0 Å². The molecule has 118 valence electrons. The lowest BCUT2D eigenvalue weighted by molar-refractivity contribution is 0.145. The van der Waals surface area contributed by atoms with E-state index in [1.807, 2.05) is 6.92 Å². The van der Waals surface area contributed by atoms with E-state index < -0.39 is 0 Å². The minimum Gasteiger partial charge on any atom is -0.382 e. The van der Waals surface area contributed by atoms with Crippen LogP contribution in [0.15, 0.2) is 0 Å². The standard InChI is InChI=1S/C15H31N3OS/c1-3-19-13-7-10-17-15(20)16-9-6-12-18-11-5-4-8-14(18)2/h14H,3-13H2,1-2H3,(H2,16,17,20). The summed E-state index contributed by atoms with van der Waals surface area (Å²) in [5, 5.41) is 7.27. The summed E-state index contributed by atoms with van der Waals surface area (Å²) < 4.78 is 5.28. The largest absolute Gasteiger partial charge is 0.382 e. The van der Waals surface area contributed by atoms with Gasteiger partial charge >= 0.3 is 0 Å². The molecule has 0 bridgehead atoms. The molecule has 20 heavy (non-hydrogen) atoms. The molecule has 4 nitrogen and oxygen atoms in total. The van der Waals surface area contributed by atoms with Crippen LogP contribution in [0.1, 0.15) is 46.0 Å². The first-order valence-electron chi connectivity index (χ1n) is 8.07. The number of hydrogen-bond donors (Lipinski definition) is 2. The number of thiocarbonyl (C=S) groups is 1. The van der Waals surface area contributed by atoms with Crippen molar-refractivity contribution in [3.63, 3.8) is 0 Å². The maximum absolute atomic E-state index is 5.28. The van der Waals surface area contributed by atoms with Gasteiger partial charge in [-0.3, -0.25) is 0 Å². The van der Waals surface area contributed by atoms with Crippen LogP contribution in [0.3, 0.4) is 0 Å². The fourth-order valence-electron chi connectivity index (χ4n) is 2.56. The predicted octanol–water partition coefficient (Wildman–Crippen LogP) is 2.14. The molecule has 0 saturated carbocycles. The van der Waals surface area contributed by atoms with Crippen LogP contribution in [0.4, 0.5) is 0 Å². The van der Waals surface area contributed by atoms with E-state index in [4.69, 9.17) is 17.0 Å². The molecule has 1 fully saturated rings. The van der Waals surface area contributed by atoms with Crippen LogP contribution >= 0.6 is 12.2 Å². The summed E-state index contributed by atoms with van der Waals surface area (Å²) in [5.74, 6) is 0. The van der Waals surface area contributed by atoms with Gasteiger partial charge in [-0.2, -0.15) is 0 Å². The van der Waals surface area contributed by atoms with E-state index >= 15 is 0 Å². The third-order valence-corrected chi connectivity index (χ3v) is 4.09. The summed E-state index contributed by atoms with van der Waals surface area (Å²) in [7, 11) is 0. The molecule has 1 unspecified atom stereocenters. The Morgan fingerprint density at radius 3 is 2.70 bits per heavy atom. The van der Waals surface area contributed by atoms with Gasteiger partial charge in [-0.1, -0.05) is 6.42 Å². The molecule has 1 aliphatic heterocycles. The Bertz CT molecular complexity index is 264. The van der Waals surface area contributed by atoms with Gasteiger partial charge in [0.15, 0.2) is 5.11 Å². The SMILES string of the molecule is CCOCCCNC(=S)NCCCN1CCCCC1C. The van der Waals surface area contributed by atoms with Crippen molar-refractivity contribution in [2.75, 3.05) is 39.4 Å². The van der Waals surface area contributed by atoms with Gasteiger partial charge < -0.3 is 20.3 Å². The maximum Gasteiger partial charge on any atom is 0.166 e. The van der Waals surface area contributed by atoms with E-state index in [0.29, 0.717) is 0 Å². The molecule has 0 radical (unpaired) electrons. The van der Waals surface area contributed by atoms with Gasteiger partial charge in [-0.05, 0) is 58.3 Å². The van der Waals surface area contributed by atoms with E-state index in [1.54, 1.807) is 0 Å². The smallest absolute Gasteiger partial charge is 0.166 e. The Balaban J connectivity index is 1.93. The van der Waals surface area contributed by atoms with Gasteiger partial charge in [0, 0.05) is 38.9 Å². The highest BCUT2D eigenvalue weighted by Gasteiger charge is 2.16. The Labute approximate surface area is 129 Å². The summed E-state index contributed by atoms with van der Waals surface area (Å²) in [6, 6.07) is 0.757. The van der Waals surface area contributed by atoms with Crippen molar-refractivity contribution in [1.29, 1.82) is 0 Å². The first kappa shape index (κ1) is 17.7. The van der Waals surface area contributed by atoms with E-state index in [1.165, 1.54) is 32.4 Å². The second-order valence-electron chi connectivity index (χ2n) is 5.47. The van der Waals surface area contributed by atoms with E-state index in [-0.39, 0.29) is 0 Å². The molecule has 1 aliphatic rings. The van der Waals surface area contributed by atoms with Crippen LogP contribution in [-0.2, 0) is 4.74 Å². The van der Waals surface area contributed by atoms with Gasteiger partial charge in [0.1, 0.15) is 0 Å². The molecule has 0 spiro atoms. The number of ether oxygens (including phenoxy) is 1. The fraction of sp³-hybridized carbons (Fsp3) is 0.933. The molecule has 0 amide bonds. The first-order chi connectivity index (χ1) is 9.74. The lowest BCUT2D eigenvalue weighted by Crippen LogP contribution is -2.40. The molecule has 2 N–H and O–H groups in total. The minimum atomic E-state index is 0.757. The van der Waals surface area contributed by atoms with Gasteiger partial charge in [0.25, 0.3) is 0 Å². The van der Waals surface area contributed by atoms with Crippen LogP contribution in [-0.4, -0.2) is 55.4 Å². The van der Waals surface area contributed by atoms with Crippen molar-refractivity contribution < 1.29 is 4.74 Å². The lowest BCUT2D eigenvalue weighted by atomic mass is 10.0. The Kier molecular flexibility index (Phi) is 9.97. The van der Waals surface area contributed by atoms with Crippen LogP contribution in [0.2, 0.25) is 0 Å². The predicted molar refractivity (Wildman–Crippen MR) is 89.2 cm³/mol. The number of likely N-dealkylation sites (tertiary alicyclic amines) is 1. The van der Waals surface area contributed by atoms with Crippen LogP contribution in [0.25, 0.3) is 0 Å². The molecule has 0 aliphatic carbocycles. The van der Waals surface area contributed by atoms with Crippen molar-refractivity contribution in [1.82, 2.24) is 15.5 Å².